The van der Waals surface area contributed by atoms with Gasteiger partial charge in [0.05, 0.1) is 12.5 Å². The minimum absolute atomic E-state index is 0.229. The van der Waals surface area contributed by atoms with Crippen LogP contribution in [0.1, 0.15) is 58.8 Å². The smallest absolute Gasteiger partial charge is 0.0638 e. The van der Waals surface area contributed by atoms with Gasteiger partial charge in [0.25, 0.3) is 0 Å². The molecule has 1 saturated heterocycles. The topological polar surface area (TPSA) is 39.1 Å². The summed E-state index contributed by atoms with van der Waals surface area (Å²) in [5.74, 6) is 0. The van der Waals surface area contributed by atoms with Crippen molar-refractivity contribution in [2.75, 3.05) is 13.1 Å². The molecule has 0 amide bonds. The number of hydrogen-bond donors (Lipinski definition) is 1. The van der Waals surface area contributed by atoms with Crippen LogP contribution < -0.4 is 5.32 Å². The van der Waals surface area contributed by atoms with E-state index >= 15 is 0 Å². The summed E-state index contributed by atoms with van der Waals surface area (Å²) in [4.78, 5) is 2.69. The van der Waals surface area contributed by atoms with Crippen LogP contribution in [-0.2, 0) is 0 Å². The molecule has 2 fully saturated rings. The summed E-state index contributed by atoms with van der Waals surface area (Å²) in [5.41, 5.74) is 0.229. The predicted octanol–water partition coefficient (Wildman–Crippen LogP) is 2.68. The summed E-state index contributed by atoms with van der Waals surface area (Å²) in [6.45, 7) is 6.78. The fourth-order valence-corrected chi connectivity index (χ4v) is 3.81. The van der Waals surface area contributed by atoms with Crippen molar-refractivity contribution < 1.29 is 0 Å². The first kappa shape index (κ1) is 13.8. The molecule has 1 atom stereocenters. The van der Waals surface area contributed by atoms with Gasteiger partial charge in [-0.05, 0) is 39.7 Å². The SMILES string of the molecule is CC1(C)CCNCC(CC#N)N1C1CCCCC1. The Morgan fingerprint density at radius 2 is 2.00 bits per heavy atom. The van der Waals surface area contributed by atoms with Crippen molar-refractivity contribution in [3.8, 4) is 6.07 Å². The van der Waals surface area contributed by atoms with Gasteiger partial charge in [0, 0.05) is 24.2 Å². The van der Waals surface area contributed by atoms with E-state index in [1.807, 2.05) is 0 Å². The van der Waals surface area contributed by atoms with E-state index in [1.54, 1.807) is 0 Å². The highest BCUT2D eigenvalue weighted by atomic mass is 15.3. The summed E-state index contributed by atoms with van der Waals surface area (Å²) in [6, 6.07) is 3.49. The average Bonchev–Trinajstić information content (AvgIpc) is 2.49. The highest BCUT2D eigenvalue weighted by Crippen LogP contribution is 2.33. The Labute approximate surface area is 112 Å². The standard InChI is InChI=1S/C15H27N3/c1-15(2)9-11-17-12-14(8-10-16)18(15)13-6-4-3-5-7-13/h13-14,17H,3-9,11-12H2,1-2H3. The Morgan fingerprint density at radius 3 is 2.67 bits per heavy atom. The molecule has 1 heterocycles. The van der Waals surface area contributed by atoms with Crippen molar-refractivity contribution in [3.63, 3.8) is 0 Å². The third kappa shape index (κ3) is 3.05. The fourth-order valence-electron chi connectivity index (χ4n) is 3.81. The summed E-state index contributed by atoms with van der Waals surface area (Å²) < 4.78 is 0. The summed E-state index contributed by atoms with van der Waals surface area (Å²) in [5, 5.41) is 12.6. The molecular weight excluding hydrogens is 222 g/mol. The van der Waals surface area contributed by atoms with E-state index in [1.165, 1.54) is 38.5 Å². The fraction of sp³-hybridized carbons (Fsp3) is 0.933. The minimum atomic E-state index is 0.229. The second kappa shape index (κ2) is 6.04. The van der Waals surface area contributed by atoms with Gasteiger partial charge in [0.1, 0.15) is 0 Å². The molecule has 2 rings (SSSR count). The number of nitrogens with one attached hydrogen (secondary N) is 1. The van der Waals surface area contributed by atoms with Crippen molar-refractivity contribution in [2.45, 2.75) is 76.4 Å². The van der Waals surface area contributed by atoms with Crippen molar-refractivity contribution in [1.29, 1.82) is 5.26 Å². The number of nitrogens with zero attached hydrogens (tertiary/aromatic N) is 2. The van der Waals surface area contributed by atoms with Crippen LogP contribution in [0.25, 0.3) is 0 Å². The molecule has 2 aliphatic rings. The highest BCUT2D eigenvalue weighted by molar-refractivity contribution is 4.98. The van der Waals surface area contributed by atoms with Crippen molar-refractivity contribution >= 4 is 0 Å². The summed E-state index contributed by atoms with van der Waals surface area (Å²) in [7, 11) is 0. The van der Waals surface area contributed by atoms with Crippen LogP contribution in [0.5, 0.6) is 0 Å². The molecule has 0 aromatic heterocycles. The second-order valence-electron chi connectivity index (χ2n) is 6.48. The van der Waals surface area contributed by atoms with Crippen molar-refractivity contribution in [2.24, 2.45) is 0 Å². The van der Waals surface area contributed by atoms with Gasteiger partial charge in [-0.2, -0.15) is 5.26 Å². The first-order chi connectivity index (χ1) is 8.65. The third-order valence-corrected chi connectivity index (χ3v) is 4.68. The van der Waals surface area contributed by atoms with Gasteiger partial charge in [0.2, 0.25) is 0 Å². The molecule has 18 heavy (non-hydrogen) atoms. The number of nitriles is 1. The van der Waals surface area contributed by atoms with Gasteiger partial charge < -0.3 is 5.32 Å². The van der Waals surface area contributed by atoms with Gasteiger partial charge in [-0.15, -0.1) is 0 Å². The number of rotatable bonds is 2. The molecule has 1 saturated carbocycles. The zero-order chi connectivity index (χ0) is 13.0. The molecule has 1 aliphatic heterocycles. The normalized spacial score (nSPS) is 30.6. The van der Waals surface area contributed by atoms with Gasteiger partial charge >= 0.3 is 0 Å². The Hall–Kier alpha value is -0.590. The molecule has 0 spiro atoms. The number of hydrogen-bond acceptors (Lipinski definition) is 3. The third-order valence-electron chi connectivity index (χ3n) is 4.68. The van der Waals surface area contributed by atoms with Gasteiger partial charge in [-0.3, -0.25) is 4.90 Å². The predicted molar refractivity (Wildman–Crippen MR) is 74.3 cm³/mol. The van der Waals surface area contributed by atoms with E-state index < -0.39 is 0 Å². The van der Waals surface area contributed by atoms with Crippen LogP contribution in [0, 0.1) is 11.3 Å². The molecule has 1 N–H and O–H groups in total. The van der Waals surface area contributed by atoms with E-state index in [4.69, 9.17) is 5.26 Å². The summed E-state index contributed by atoms with van der Waals surface area (Å²) in [6.07, 6.45) is 8.62. The van der Waals surface area contributed by atoms with Crippen LogP contribution in [0.3, 0.4) is 0 Å². The zero-order valence-corrected chi connectivity index (χ0v) is 11.9. The molecule has 3 nitrogen and oxygen atoms in total. The minimum Gasteiger partial charge on any atom is -0.315 e. The zero-order valence-electron chi connectivity index (χ0n) is 11.9. The molecule has 1 unspecified atom stereocenters. The Morgan fingerprint density at radius 1 is 1.28 bits per heavy atom. The maximum atomic E-state index is 9.09. The van der Waals surface area contributed by atoms with E-state index in [0.717, 1.165) is 13.1 Å². The van der Waals surface area contributed by atoms with Crippen LogP contribution in [-0.4, -0.2) is 35.6 Å². The molecule has 3 heteroatoms. The van der Waals surface area contributed by atoms with E-state index in [9.17, 15) is 0 Å². The lowest BCUT2D eigenvalue weighted by atomic mass is 9.87. The lowest BCUT2D eigenvalue weighted by Crippen LogP contribution is -2.56. The largest absolute Gasteiger partial charge is 0.315 e. The monoisotopic (exact) mass is 249 g/mol. The Balaban J connectivity index is 2.18. The van der Waals surface area contributed by atoms with Gasteiger partial charge in [0.15, 0.2) is 0 Å². The first-order valence-corrected chi connectivity index (χ1v) is 7.51. The van der Waals surface area contributed by atoms with Crippen LogP contribution >= 0.6 is 0 Å². The molecule has 1 aliphatic carbocycles. The van der Waals surface area contributed by atoms with E-state index in [-0.39, 0.29) is 5.54 Å². The Bertz CT molecular complexity index is 299. The average molecular weight is 249 g/mol. The molecular formula is C15H27N3. The molecule has 0 bridgehead atoms. The second-order valence-corrected chi connectivity index (χ2v) is 6.48. The lowest BCUT2D eigenvalue weighted by molar-refractivity contribution is 0.0155. The van der Waals surface area contributed by atoms with Crippen LogP contribution in [0.2, 0.25) is 0 Å². The highest BCUT2D eigenvalue weighted by Gasteiger charge is 2.39. The van der Waals surface area contributed by atoms with Crippen LogP contribution in [0.4, 0.5) is 0 Å². The van der Waals surface area contributed by atoms with E-state index in [2.05, 4.69) is 30.1 Å². The van der Waals surface area contributed by atoms with Crippen molar-refractivity contribution in [3.05, 3.63) is 0 Å². The lowest BCUT2D eigenvalue weighted by Gasteiger charge is -2.47. The quantitative estimate of drug-likeness (QED) is 0.818. The van der Waals surface area contributed by atoms with Gasteiger partial charge in [-0.1, -0.05) is 19.3 Å². The maximum Gasteiger partial charge on any atom is 0.0638 e. The van der Waals surface area contributed by atoms with Crippen LogP contribution in [0.15, 0.2) is 0 Å². The van der Waals surface area contributed by atoms with Gasteiger partial charge in [-0.25, -0.2) is 0 Å². The molecule has 0 aromatic carbocycles. The Kier molecular flexibility index (Phi) is 4.64. The summed E-state index contributed by atoms with van der Waals surface area (Å²) >= 11 is 0. The first-order valence-electron chi connectivity index (χ1n) is 7.51. The molecule has 102 valence electrons. The van der Waals surface area contributed by atoms with E-state index in [0.29, 0.717) is 18.5 Å². The molecule has 0 aromatic rings. The molecule has 0 radical (unpaired) electrons. The van der Waals surface area contributed by atoms with Crippen molar-refractivity contribution in [1.82, 2.24) is 10.2 Å². The maximum absolute atomic E-state index is 9.09.